The van der Waals surface area contributed by atoms with Crippen molar-refractivity contribution in [2.75, 3.05) is 6.61 Å². The molecule has 1 saturated heterocycles. The van der Waals surface area contributed by atoms with Crippen LogP contribution in [0, 0.1) is 0 Å². The number of nitrogens with one attached hydrogen (secondary N) is 1. The highest BCUT2D eigenvalue weighted by Gasteiger charge is 2.49. The van der Waals surface area contributed by atoms with E-state index in [9.17, 15) is 29.4 Å². The molecule has 11 heteroatoms. The minimum atomic E-state index is -1.46. The van der Waals surface area contributed by atoms with E-state index in [0.717, 1.165) is 16.8 Å². The van der Waals surface area contributed by atoms with E-state index >= 15 is 0 Å². The van der Waals surface area contributed by atoms with Gasteiger partial charge in [-0.05, 0) is 12.1 Å². The number of hydrogen-bond donors (Lipinski definition) is 3. The van der Waals surface area contributed by atoms with Crippen molar-refractivity contribution < 1.29 is 29.4 Å². The number of rotatable bonds is 4. The summed E-state index contributed by atoms with van der Waals surface area (Å²) < 4.78 is 6.40. The molecule has 0 unspecified atom stereocenters. The van der Waals surface area contributed by atoms with Gasteiger partial charge in [0.25, 0.3) is 17.4 Å². The van der Waals surface area contributed by atoms with Crippen LogP contribution >= 0.6 is 0 Å². The number of aromatic nitrogens is 2. The van der Waals surface area contributed by atoms with Crippen LogP contribution in [0.1, 0.15) is 26.9 Å². The van der Waals surface area contributed by atoms with E-state index in [1.807, 2.05) is 4.98 Å². The number of benzene rings is 1. The number of carbonyl (C=O) groups is 2. The highest BCUT2D eigenvalue weighted by molar-refractivity contribution is 6.20. The van der Waals surface area contributed by atoms with Crippen LogP contribution in [-0.4, -0.2) is 61.6 Å². The molecule has 0 saturated carbocycles. The number of fused-ring (bicyclic) bond motifs is 1. The van der Waals surface area contributed by atoms with Crippen molar-refractivity contribution >= 4 is 11.8 Å². The Bertz CT molecular complexity index is 1030. The second-order valence-electron chi connectivity index (χ2n) is 6.28. The van der Waals surface area contributed by atoms with E-state index in [-0.39, 0.29) is 11.1 Å². The Hall–Kier alpha value is -3.12. The molecule has 3 heterocycles. The number of aromatic amines is 1. The first-order valence-corrected chi connectivity index (χ1v) is 8.33. The highest BCUT2D eigenvalue weighted by atomic mass is 16.7. The van der Waals surface area contributed by atoms with Crippen LogP contribution in [0.4, 0.5) is 0 Å². The third-order valence-electron chi connectivity index (χ3n) is 4.60. The topological polar surface area (TPSA) is 151 Å². The van der Waals surface area contributed by atoms with Crippen molar-refractivity contribution in [3.05, 3.63) is 68.5 Å². The molecule has 2 aliphatic heterocycles. The average Bonchev–Trinajstić information content (AvgIpc) is 3.12. The second kappa shape index (κ2) is 6.80. The van der Waals surface area contributed by atoms with Gasteiger partial charge in [0.2, 0.25) is 0 Å². The summed E-state index contributed by atoms with van der Waals surface area (Å²) in [5.74, 6) is -1.46. The van der Waals surface area contributed by atoms with Gasteiger partial charge in [0.1, 0.15) is 12.2 Å². The smallest absolute Gasteiger partial charge is 0.330 e. The standard InChI is InChI=1S/C17H15N3O8/c21-7-10-12(23)13(16(27-10)19-6-5-11(22)18-17(19)26)28-20-14(24)8-3-1-2-4-9(8)15(20)25/h1-6,10,12-13,16,21,23H,7H2,(H,18,22,26)/t10-,12-,13-,16-/m1/s1. The lowest BCUT2D eigenvalue weighted by Gasteiger charge is -2.25. The average molecular weight is 389 g/mol. The Morgan fingerprint density at radius 2 is 1.71 bits per heavy atom. The van der Waals surface area contributed by atoms with Crippen molar-refractivity contribution in [3.8, 4) is 0 Å². The first-order chi connectivity index (χ1) is 13.4. The van der Waals surface area contributed by atoms with Crippen LogP contribution < -0.4 is 11.2 Å². The molecule has 0 radical (unpaired) electrons. The number of nitrogens with zero attached hydrogens (tertiary/aromatic N) is 2. The Labute approximate surface area is 156 Å². The fourth-order valence-corrected chi connectivity index (χ4v) is 3.22. The lowest BCUT2D eigenvalue weighted by atomic mass is 10.1. The first-order valence-electron chi connectivity index (χ1n) is 8.33. The van der Waals surface area contributed by atoms with Gasteiger partial charge in [-0.2, -0.15) is 0 Å². The Morgan fingerprint density at radius 1 is 1.07 bits per heavy atom. The lowest BCUT2D eigenvalue weighted by Crippen LogP contribution is -2.44. The summed E-state index contributed by atoms with van der Waals surface area (Å²) in [7, 11) is 0. The molecule has 2 amide bonds. The fourth-order valence-electron chi connectivity index (χ4n) is 3.22. The van der Waals surface area contributed by atoms with Gasteiger partial charge >= 0.3 is 5.69 Å². The quantitative estimate of drug-likeness (QED) is 0.528. The van der Waals surface area contributed by atoms with E-state index < -0.39 is 54.2 Å². The lowest BCUT2D eigenvalue weighted by molar-refractivity contribution is -0.178. The number of imide groups is 1. The largest absolute Gasteiger partial charge is 0.394 e. The Kier molecular flexibility index (Phi) is 4.43. The fraction of sp³-hybridized carbons (Fsp3) is 0.294. The van der Waals surface area contributed by atoms with Crippen molar-refractivity contribution in [2.24, 2.45) is 0 Å². The Morgan fingerprint density at radius 3 is 2.29 bits per heavy atom. The minimum Gasteiger partial charge on any atom is -0.394 e. The summed E-state index contributed by atoms with van der Waals surface area (Å²) in [4.78, 5) is 55.9. The number of aliphatic hydroxyl groups is 2. The maximum atomic E-state index is 12.5. The summed E-state index contributed by atoms with van der Waals surface area (Å²) in [5, 5.41) is 20.3. The van der Waals surface area contributed by atoms with Crippen LogP contribution in [0.25, 0.3) is 0 Å². The van der Waals surface area contributed by atoms with Crippen LogP contribution in [0.3, 0.4) is 0 Å². The maximum absolute atomic E-state index is 12.5. The normalized spacial score (nSPS) is 26.7. The molecule has 28 heavy (non-hydrogen) atoms. The maximum Gasteiger partial charge on any atom is 0.330 e. The molecule has 4 rings (SSSR count). The van der Waals surface area contributed by atoms with E-state index in [1.54, 1.807) is 12.1 Å². The number of hydroxylamine groups is 2. The number of hydrogen-bond acceptors (Lipinski definition) is 8. The minimum absolute atomic E-state index is 0.136. The molecule has 1 aromatic heterocycles. The van der Waals surface area contributed by atoms with Crippen molar-refractivity contribution in [3.63, 3.8) is 0 Å². The van der Waals surface area contributed by atoms with E-state index in [1.165, 1.54) is 12.1 Å². The number of amides is 2. The number of aliphatic hydroxyl groups excluding tert-OH is 2. The molecule has 146 valence electrons. The van der Waals surface area contributed by atoms with Gasteiger partial charge in [0.05, 0.1) is 17.7 Å². The third-order valence-corrected chi connectivity index (χ3v) is 4.60. The molecule has 2 aromatic rings. The van der Waals surface area contributed by atoms with Crippen molar-refractivity contribution in [1.82, 2.24) is 14.6 Å². The number of ether oxygens (including phenoxy) is 1. The molecule has 0 bridgehead atoms. The first kappa shape index (κ1) is 18.3. The highest BCUT2D eigenvalue weighted by Crippen LogP contribution is 2.33. The van der Waals surface area contributed by atoms with Gasteiger partial charge in [-0.15, -0.1) is 5.06 Å². The monoisotopic (exact) mass is 389 g/mol. The van der Waals surface area contributed by atoms with Gasteiger partial charge in [-0.25, -0.2) is 4.79 Å². The van der Waals surface area contributed by atoms with E-state index in [2.05, 4.69) is 0 Å². The summed E-state index contributed by atoms with van der Waals surface area (Å²) >= 11 is 0. The summed E-state index contributed by atoms with van der Waals surface area (Å²) in [6, 6.07) is 7.15. The molecule has 3 N–H and O–H groups in total. The zero-order chi connectivity index (χ0) is 20.0. The second-order valence-corrected chi connectivity index (χ2v) is 6.28. The predicted molar refractivity (Wildman–Crippen MR) is 90.1 cm³/mol. The summed E-state index contributed by atoms with van der Waals surface area (Å²) in [6.07, 6.45) is -4.16. The van der Waals surface area contributed by atoms with Gasteiger partial charge in [-0.3, -0.25) is 28.8 Å². The number of carbonyl (C=O) groups excluding carboxylic acids is 2. The van der Waals surface area contributed by atoms with Gasteiger partial charge in [0.15, 0.2) is 12.3 Å². The van der Waals surface area contributed by atoms with Gasteiger partial charge in [-0.1, -0.05) is 12.1 Å². The van der Waals surface area contributed by atoms with Crippen LogP contribution in [0.5, 0.6) is 0 Å². The molecule has 1 fully saturated rings. The molecule has 0 spiro atoms. The van der Waals surface area contributed by atoms with Crippen LogP contribution in [0.2, 0.25) is 0 Å². The van der Waals surface area contributed by atoms with Gasteiger partial charge in [0, 0.05) is 12.3 Å². The van der Waals surface area contributed by atoms with E-state index in [0.29, 0.717) is 5.06 Å². The SMILES string of the molecule is O=C1c2ccccc2C(=O)N1O[C@@H]1[C@H](O)[C@@H](CO)O[C@H]1n1ccc(=O)[nH]c1=O. The molecule has 0 aliphatic carbocycles. The Balaban J connectivity index is 1.68. The molecular formula is C17H15N3O8. The van der Waals surface area contributed by atoms with Crippen molar-refractivity contribution in [2.45, 2.75) is 24.5 Å². The molecular weight excluding hydrogens is 374 g/mol. The summed E-state index contributed by atoms with van der Waals surface area (Å²) in [6.45, 7) is -0.599. The molecule has 11 nitrogen and oxygen atoms in total. The molecule has 2 aliphatic rings. The zero-order valence-electron chi connectivity index (χ0n) is 14.2. The van der Waals surface area contributed by atoms with Gasteiger partial charge < -0.3 is 14.9 Å². The summed E-state index contributed by atoms with van der Waals surface area (Å²) in [5.41, 5.74) is -1.22. The molecule has 1 aromatic carbocycles. The number of H-pyrrole nitrogens is 1. The predicted octanol–water partition coefficient (Wildman–Crippen LogP) is -1.62. The van der Waals surface area contributed by atoms with Crippen LogP contribution in [-0.2, 0) is 9.57 Å². The van der Waals surface area contributed by atoms with Crippen molar-refractivity contribution in [1.29, 1.82) is 0 Å². The third kappa shape index (κ3) is 2.77. The van der Waals surface area contributed by atoms with Crippen LogP contribution in [0.15, 0.2) is 46.1 Å². The molecule has 4 atom stereocenters. The van der Waals surface area contributed by atoms with E-state index in [4.69, 9.17) is 9.57 Å². The zero-order valence-corrected chi connectivity index (χ0v) is 14.2.